The van der Waals surface area contributed by atoms with Crippen LogP contribution in [0.4, 0.5) is 0 Å². The number of carbonyl (C=O) groups is 2. The Balaban J connectivity index is 0.000000368. The molecule has 0 radical (unpaired) electrons. The van der Waals surface area contributed by atoms with E-state index < -0.39 is 11.9 Å². The summed E-state index contributed by atoms with van der Waals surface area (Å²) in [4.78, 5) is 20.8. The summed E-state index contributed by atoms with van der Waals surface area (Å²) in [5, 5.41) is 17.1. The van der Waals surface area contributed by atoms with Gasteiger partial charge in [0.1, 0.15) is 12.4 Å². The minimum atomic E-state index is -0.958. The zero-order valence-electron chi connectivity index (χ0n) is 18.6. The number of aliphatic carboxylic acids is 2. The predicted octanol–water partition coefficient (Wildman–Crippen LogP) is 7.11. The number of benzene rings is 2. The number of allylic oxidation sites excluding steroid dienone is 1. The minimum absolute atomic E-state index is 0.464. The van der Waals surface area contributed by atoms with Gasteiger partial charge >= 0.3 is 11.9 Å². The van der Waals surface area contributed by atoms with Crippen molar-refractivity contribution in [1.29, 1.82) is 0 Å². The van der Waals surface area contributed by atoms with E-state index in [1.807, 2.05) is 48.5 Å². The summed E-state index contributed by atoms with van der Waals surface area (Å²) >= 11 is 3.39. The molecule has 0 bridgehead atoms. The molecule has 5 nitrogen and oxygen atoms in total. The molecule has 0 unspecified atom stereocenters. The molecule has 2 N–H and O–H groups in total. The molecule has 0 atom stereocenters. The Labute approximate surface area is 198 Å². The number of carboxylic acids is 2. The standard InChI is InChI=1S/C16H13BrO3.C10H18O2/c17-14-6-1-13(2-7-14)11-20-15-8-3-12(4-9-15)5-10-16(18)19;1-3-4-5-6-7-8-9(2)10(11)12/h1-10H,11H2,(H,18,19);8H,3-7H2,1-2H3,(H,11,12). The fourth-order valence-electron chi connectivity index (χ4n) is 2.57. The van der Waals surface area contributed by atoms with E-state index in [1.54, 1.807) is 19.1 Å². The predicted molar refractivity (Wildman–Crippen MR) is 132 cm³/mol. The molecule has 0 aliphatic rings. The molecular formula is C26H31BrO5. The topological polar surface area (TPSA) is 83.8 Å². The quantitative estimate of drug-likeness (QED) is 0.252. The van der Waals surface area contributed by atoms with E-state index >= 15 is 0 Å². The van der Waals surface area contributed by atoms with Crippen LogP contribution in [0.2, 0.25) is 0 Å². The zero-order valence-corrected chi connectivity index (χ0v) is 20.2. The van der Waals surface area contributed by atoms with Crippen molar-refractivity contribution in [2.24, 2.45) is 0 Å². The van der Waals surface area contributed by atoms with Crippen LogP contribution in [0.3, 0.4) is 0 Å². The monoisotopic (exact) mass is 502 g/mol. The van der Waals surface area contributed by atoms with Crippen LogP contribution in [0.5, 0.6) is 5.75 Å². The van der Waals surface area contributed by atoms with Crippen molar-refractivity contribution in [2.75, 3.05) is 0 Å². The molecule has 0 aromatic heterocycles. The van der Waals surface area contributed by atoms with Gasteiger partial charge in [-0.15, -0.1) is 0 Å². The summed E-state index contributed by atoms with van der Waals surface area (Å²) < 4.78 is 6.69. The first-order valence-corrected chi connectivity index (χ1v) is 11.4. The molecule has 2 aromatic carbocycles. The van der Waals surface area contributed by atoms with Crippen LogP contribution in [-0.4, -0.2) is 22.2 Å². The third kappa shape index (κ3) is 12.7. The summed E-state index contributed by atoms with van der Waals surface area (Å²) in [5.41, 5.74) is 2.37. The highest BCUT2D eigenvalue weighted by molar-refractivity contribution is 9.10. The van der Waals surface area contributed by atoms with Gasteiger partial charge in [0.25, 0.3) is 0 Å². The number of hydrogen-bond donors (Lipinski definition) is 2. The van der Waals surface area contributed by atoms with Gasteiger partial charge in [-0.3, -0.25) is 0 Å². The third-order valence-electron chi connectivity index (χ3n) is 4.46. The Morgan fingerprint density at radius 1 is 0.969 bits per heavy atom. The molecule has 0 spiro atoms. The lowest BCUT2D eigenvalue weighted by Crippen LogP contribution is -1.95. The van der Waals surface area contributed by atoms with E-state index in [1.165, 1.54) is 19.3 Å². The summed E-state index contributed by atoms with van der Waals surface area (Å²) in [6, 6.07) is 15.2. The Bertz CT molecular complexity index is 883. The van der Waals surface area contributed by atoms with Gasteiger partial charge in [0.2, 0.25) is 0 Å². The van der Waals surface area contributed by atoms with Gasteiger partial charge in [-0.25, -0.2) is 9.59 Å². The van der Waals surface area contributed by atoms with E-state index in [-0.39, 0.29) is 0 Å². The molecule has 0 amide bonds. The smallest absolute Gasteiger partial charge is 0.330 e. The summed E-state index contributed by atoms with van der Waals surface area (Å²) in [6.45, 7) is 4.30. The van der Waals surface area contributed by atoms with Crippen molar-refractivity contribution < 1.29 is 24.5 Å². The van der Waals surface area contributed by atoms with Gasteiger partial charge in [-0.05, 0) is 61.2 Å². The lowest BCUT2D eigenvalue weighted by molar-refractivity contribution is -0.133. The molecule has 0 aliphatic carbocycles. The van der Waals surface area contributed by atoms with Crippen LogP contribution in [0.25, 0.3) is 6.08 Å². The summed E-state index contributed by atoms with van der Waals surface area (Å²) in [7, 11) is 0. The molecule has 0 heterocycles. The van der Waals surface area contributed by atoms with Crippen molar-refractivity contribution in [3.05, 3.63) is 81.9 Å². The number of hydrogen-bond acceptors (Lipinski definition) is 3. The van der Waals surface area contributed by atoms with Gasteiger partial charge in [-0.1, -0.05) is 72.5 Å². The van der Waals surface area contributed by atoms with Crippen molar-refractivity contribution in [1.82, 2.24) is 0 Å². The normalized spacial score (nSPS) is 11.0. The Hall–Kier alpha value is -2.86. The Kier molecular flexibility index (Phi) is 13.5. The van der Waals surface area contributed by atoms with Gasteiger partial charge < -0.3 is 14.9 Å². The second kappa shape index (κ2) is 15.9. The van der Waals surface area contributed by atoms with Crippen molar-refractivity contribution in [3.8, 4) is 5.75 Å². The van der Waals surface area contributed by atoms with Crippen molar-refractivity contribution in [3.63, 3.8) is 0 Å². The third-order valence-corrected chi connectivity index (χ3v) is 4.99. The molecule has 2 rings (SSSR count). The largest absolute Gasteiger partial charge is 0.489 e. The number of unbranched alkanes of at least 4 members (excludes halogenated alkanes) is 4. The second-order valence-corrected chi connectivity index (χ2v) is 8.11. The SMILES string of the molecule is CCCCCCC=C(C)C(=O)O.O=C(O)C=Cc1ccc(OCc2ccc(Br)cc2)cc1. The highest BCUT2D eigenvalue weighted by Gasteiger charge is 1.98. The van der Waals surface area contributed by atoms with Gasteiger partial charge in [0, 0.05) is 16.1 Å². The maximum Gasteiger partial charge on any atom is 0.330 e. The molecule has 0 aliphatic heterocycles. The van der Waals surface area contributed by atoms with E-state index in [2.05, 4.69) is 22.9 Å². The van der Waals surface area contributed by atoms with Crippen molar-refractivity contribution in [2.45, 2.75) is 52.6 Å². The maximum absolute atomic E-state index is 10.4. The van der Waals surface area contributed by atoms with E-state index in [0.717, 1.165) is 40.3 Å². The second-order valence-electron chi connectivity index (χ2n) is 7.20. The van der Waals surface area contributed by atoms with Crippen LogP contribution in [0.1, 0.15) is 57.1 Å². The molecule has 32 heavy (non-hydrogen) atoms. The number of carboxylic acid groups (broad SMARTS) is 2. The molecule has 0 saturated carbocycles. The fourth-order valence-corrected chi connectivity index (χ4v) is 2.83. The molecular weight excluding hydrogens is 472 g/mol. The fraction of sp³-hybridized carbons (Fsp3) is 0.308. The van der Waals surface area contributed by atoms with Gasteiger partial charge in [0.15, 0.2) is 0 Å². The average molecular weight is 503 g/mol. The minimum Gasteiger partial charge on any atom is -0.489 e. The highest BCUT2D eigenvalue weighted by atomic mass is 79.9. The lowest BCUT2D eigenvalue weighted by Gasteiger charge is -2.06. The molecule has 0 saturated heterocycles. The van der Waals surface area contributed by atoms with Crippen molar-refractivity contribution >= 4 is 33.9 Å². The van der Waals surface area contributed by atoms with Crippen LogP contribution < -0.4 is 4.74 Å². The average Bonchev–Trinajstić information content (AvgIpc) is 2.78. The van der Waals surface area contributed by atoms with E-state index in [9.17, 15) is 9.59 Å². The number of ether oxygens (including phenoxy) is 1. The van der Waals surface area contributed by atoms with Crippen LogP contribution in [0.15, 0.2) is 70.7 Å². The first kappa shape index (κ1) is 27.2. The summed E-state index contributed by atoms with van der Waals surface area (Å²) in [6.07, 6.45) is 10.1. The summed E-state index contributed by atoms with van der Waals surface area (Å²) in [5.74, 6) is -1.01. The number of rotatable bonds is 11. The Morgan fingerprint density at radius 3 is 2.19 bits per heavy atom. The molecule has 0 fully saturated rings. The molecule has 2 aromatic rings. The van der Waals surface area contributed by atoms with Crippen LogP contribution >= 0.6 is 15.9 Å². The molecule has 6 heteroatoms. The number of halogens is 1. The lowest BCUT2D eigenvalue weighted by atomic mass is 10.1. The molecule has 172 valence electrons. The first-order chi connectivity index (χ1) is 15.3. The van der Waals surface area contributed by atoms with Gasteiger partial charge in [0.05, 0.1) is 0 Å². The Morgan fingerprint density at radius 2 is 1.62 bits per heavy atom. The van der Waals surface area contributed by atoms with Crippen LogP contribution in [-0.2, 0) is 16.2 Å². The zero-order chi connectivity index (χ0) is 23.8. The van der Waals surface area contributed by atoms with E-state index in [4.69, 9.17) is 14.9 Å². The van der Waals surface area contributed by atoms with Crippen LogP contribution in [0, 0.1) is 0 Å². The van der Waals surface area contributed by atoms with E-state index in [0.29, 0.717) is 12.2 Å². The first-order valence-electron chi connectivity index (χ1n) is 10.6. The maximum atomic E-state index is 10.4. The highest BCUT2D eigenvalue weighted by Crippen LogP contribution is 2.16. The van der Waals surface area contributed by atoms with Gasteiger partial charge in [-0.2, -0.15) is 0 Å².